The van der Waals surface area contributed by atoms with Gasteiger partial charge in [0.15, 0.2) is 17.1 Å². The van der Waals surface area contributed by atoms with Gasteiger partial charge in [0.2, 0.25) is 5.91 Å². The van der Waals surface area contributed by atoms with Crippen LogP contribution in [0.5, 0.6) is 17.2 Å². The number of sulfonamides is 1. The van der Waals surface area contributed by atoms with Gasteiger partial charge in [0.1, 0.15) is 23.9 Å². The molecule has 0 fully saturated rings. The molecule has 0 saturated heterocycles. The van der Waals surface area contributed by atoms with Crippen LogP contribution in [0.3, 0.4) is 0 Å². The number of benzene rings is 6. The number of phenolic OH excluding ortho intramolecular Hbond substituents is 1. The van der Waals surface area contributed by atoms with Gasteiger partial charge in [0, 0.05) is 53.9 Å². The number of nitrogens with one attached hydrogen (secondary N) is 3. The maximum atomic E-state index is 14.1. The molecule has 0 bridgehead atoms. The Balaban J connectivity index is 1.08. The van der Waals surface area contributed by atoms with Crippen molar-refractivity contribution in [2.45, 2.75) is 64.4 Å². The predicted octanol–water partition coefficient (Wildman–Crippen LogP) is 11.8. The van der Waals surface area contributed by atoms with Gasteiger partial charge in [0.05, 0.1) is 75.2 Å². The van der Waals surface area contributed by atoms with Gasteiger partial charge in [-0.3, -0.25) is 33.5 Å². The van der Waals surface area contributed by atoms with Crippen LogP contribution in [0.15, 0.2) is 128 Å². The number of aromatic nitrogens is 1. The van der Waals surface area contributed by atoms with Crippen molar-refractivity contribution in [1.82, 2.24) is 9.64 Å². The first kappa shape index (κ1) is 54.8. The molecule has 6 aromatic carbocycles. The Bertz CT molecular complexity index is 3810. The van der Waals surface area contributed by atoms with Gasteiger partial charge in [-0.05, 0) is 79.2 Å². The molecular weight excluding hydrogens is 1040 g/mol. The number of hydrogen-bond acceptors (Lipinski definition) is 13. The second-order valence-electron chi connectivity index (χ2n) is 17.8. The highest BCUT2D eigenvalue weighted by molar-refractivity contribution is 7.92. The topological polar surface area (TPSA) is 256 Å². The number of amides is 2. The lowest BCUT2D eigenvalue weighted by Gasteiger charge is -2.17. The SMILES string of the molecule is [C-]#[N+]c1cc(Cl)c(N=Nc2cc(NC(=O)CC)c(O)c3cccc(NS(=O)(=O)c4cccc(OS(=O)Nc5cccc(OCc6c(C(C)(C)C)on(-c7ccc(C(=O)N(C)CCC#N)cc7C)c6=O)c5)c4)c23)cc1[N+]#[C-]. The van der Waals surface area contributed by atoms with Crippen LogP contribution < -0.4 is 29.2 Å². The fraction of sp³-hybridized carbons (Fsp3) is 0.208. The summed E-state index contributed by atoms with van der Waals surface area (Å²) in [5.74, 6) is -0.549. The number of anilines is 3. The lowest BCUT2D eigenvalue weighted by Crippen LogP contribution is -2.27. The number of nitriles is 1. The number of hydrogen-bond donors (Lipinski definition) is 4. The summed E-state index contributed by atoms with van der Waals surface area (Å²) in [5.41, 5.74) is 0.689. The average Bonchev–Trinajstić information content (AvgIpc) is 3.73. The zero-order valence-corrected chi connectivity index (χ0v) is 44.0. The summed E-state index contributed by atoms with van der Waals surface area (Å²) in [5, 5.41) is 31.5. The first-order chi connectivity index (χ1) is 36.1. The Labute approximate surface area is 444 Å². The van der Waals surface area contributed by atoms with Crippen molar-refractivity contribution in [2.75, 3.05) is 28.4 Å². The van der Waals surface area contributed by atoms with E-state index in [0.717, 1.165) is 10.8 Å². The van der Waals surface area contributed by atoms with Gasteiger partial charge in [0.25, 0.3) is 21.5 Å². The van der Waals surface area contributed by atoms with E-state index in [-0.39, 0.29) is 109 Å². The Morgan fingerprint density at radius 1 is 0.947 bits per heavy atom. The predicted molar refractivity (Wildman–Crippen MR) is 288 cm³/mol. The Morgan fingerprint density at radius 3 is 2.34 bits per heavy atom. The Morgan fingerprint density at radius 2 is 1.64 bits per heavy atom. The van der Waals surface area contributed by atoms with E-state index in [4.69, 9.17) is 43.5 Å². The molecule has 4 N–H and O–H groups in total. The number of azo groups is 1. The van der Waals surface area contributed by atoms with E-state index in [1.807, 2.05) is 26.8 Å². The first-order valence-electron chi connectivity index (χ1n) is 23.0. The van der Waals surface area contributed by atoms with Crippen molar-refractivity contribution in [1.29, 1.82) is 5.26 Å². The number of halogens is 1. The minimum absolute atomic E-state index is 0.00256. The molecule has 1 aromatic heterocycles. The molecule has 0 radical (unpaired) electrons. The number of carbonyl (C=O) groups is 2. The number of rotatable bonds is 18. The van der Waals surface area contributed by atoms with Crippen LogP contribution in [0.1, 0.15) is 67.8 Å². The van der Waals surface area contributed by atoms with Gasteiger partial charge in [-0.1, -0.05) is 63.6 Å². The number of aryl methyl sites for hydroxylation is 1. The van der Waals surface area contributed by atoms with E-state index in [1.54, 1.807) is 57.3 Å². The Hall–Kier alpha value is -9.01. The van der Waals surface area contributed by atoms with Gasteiger partial charge in [-0.2, -0.15) is 14.6 Å². The molecule has 2 amide bonds. The quantitative estimate of drug-likeness (QED) is 0.0357. The molecular formula is C53H47ClN10O10S2. The lowest BCUT2D eigenvalue weighted by molar-refractivity contribution is -0.115. The molecule has 7 rings (SSSR count). The third-order valence-electron chi connectivity index (χ3n) is 11.4. The molecule has 0 saturated carbocycles. The standard InChI is InChI=1S/C53H47ClN10O10S2/c1-9-47(65)58-45-29-44(60-59-41-28-43(57-7)42(56-6)27-39(41)54)48-37(49(45)66)18-12-19-40(48)62-76(70,71)36-17-11-16-35(26-36)74-75(69)61-33-14-10-15-34(25-33)72-30-38-50(53(3,4)5)73-64(52(38)68)46-21-20-32(24-31(46)2)51(67)63(8)23-13-22-55/h10-12,14-21,24-29,61-62,66H,9,13,23,30H2,1-5,8H3,(H,58,65). The molecule has 1 unspecified atom stereocenters. The van der Waals surface area contributed by atoms with Crippen molar-refractivity contribution in [3.05, 3.63) is 164 Å². The Kier molecular flexibility index (Phi) is 16.6. The van der Waals surface area contributed by atoms with E-state index in [0.29, 0.717) is 22.6 Å². The van der Waals surface area contributed by atoms with Gasteiger partial charge >= 0.3 is 11.3 Å². The highest BCUT2D eigenvalue weighted by Gasteiger charge is 2.30. The summed E-state index contributed by atoms with van der Waals surface area (Å²) in [7, 11) is -2.87. The highest BCUT2D eigenvalue weighted by Crippen LogP contribution is 2.45. The zero-order chi connectivity index (χ0) is 55.1. The third-order valence-corrected chi connectivity index (χ3v) is 13.8. The average molecular weight is 1080 g/mol. The van der Waals surface area contributed by atoms with E-state index in [2.05, 4.69) is 34.7 Å². The number of nitrogens with zero attached hydrogens (tertiary/aromatic N) is 7. The minimum atomic E-state index is -4.48. The summed E-state index contributed by atoms with van der Waals surface area (Å²) in [6, 6.07) is 26.6. The summed E-state index contributed by atoms with van der Waals surface area (Å²) in [4.78, 5) is 47.2. The van der Waals surface area contributed by atoms with E-state index in [1.165, 1.54) is 65.6 Å². The molecule has 0 aliphatic carbocycles. The first-order valence-corrected chi connectivity index (χ1v) is 25.9. The van der Waals surface area contributed by atoms with Crippen molar-refractivity contribution in [3.63, 3.8) is 0 Å². The summed E-state index contributed by atoms with van der Waals surface area (Å²) in [6.07, 6.45) is 0.258. The highest BCUT2D eigenvalue weighted by atomic mass is 35.5. The van der Waals surface area contributed by atoms with Crippen LogP contribution in [0.2, 0.25) is 5.02 Å². The molecule has 388 valence electrons. The summed E-state index contributed by atoms with van der Waals surface area (Å²) in [6.45, 7) is 23.9. The van der Waals surface area contributed by atoms with Crippen LogP contribution in [0, 0.1) is 31.4 Å². The van der Waals surface area contributed by atoms with Crippen molar-refractivity contribution in [3.8, 4) is 29.0 Å². The number of phenols is 1. The zero-order valence-electron chi connectivity index (χ0n) is 41.6. The second-order valence-corrected chi connectivity index (χ2v) is 20.8. The normalized spacial score (nSPS) is 11.8. The van der Waals surface area contributed by atoms with Gasteiger partial charge < -0.3 is 28.8 Å². The van der Waals surface area contributed by atoms with E-state index < -0.39 is 43.9 Å². The van der Waals surface area contributed by atoms with Crippen LogP contribution in [-0.2, 0) is 38.1 Å². The fourth-order valence-electron chi connectivity index (χ4n) is 7.59. The minimum Gasteiger partial charge on any atom is -0.505 e. The maximum absolute atomic E-state index is 14.1. The number of aromatic hydroxyl groups is 1. The largest absolute Gasteiger partial charge is 0.505 e. The molecule has 0 spiro atoms. The smallest absolute Gasteiger partial charge is 0.316 e. The molecule has 0 aliphatic heterocycles. The monoisotopic (exact) mass is 1080 g/mol. The van der Waals surface area contributed by atoms with Crippen LogP contribution >= 0.6 is 11.6 Å². The third kappa shape index (κ3) is 12.3. The molecule has 7 aromatic rings. The summed E-state index contributed by atoms with van der Waals surface area (Å²) >= 11 is 4.09. The molecule has 1 atom stereocenters. The molecule has 1 heterocycles. The number of ether oxygens (including phenoxy) is 1. The van der Waals surface area contributed by atoms with E-state index >= 15 is 0 Å². The number of carbonyl (C=O) groups excluding carboxylic acids is 2. The lowest BCUT2D eigenvalue weighted by atomic mass is 9.91. The molecule has 76 heavy (non-hydrogen) atoms. The van der Waals surface area contributed by atoms with Crippen LogP contribution in [-0.4, -0.2) is 52.8 Å². The molecule has 20 nitrogen and oxygen atoms in total. The van der Waals surface area contributed by atoms with Crippen molar-refractivity contribution >= 4 is 95.3 Å². The van der Waals surface area contributed by atoms with Crippen molar-refractivity contribution < 1.29 is 40.8 Å². The summed E-state index contributed by atoms with van der Waals surface area (Å²) < 4.78 is 65.8. The maximum Gasteiger partial charge on any atom is 0.316 e. The van der Waals surface area contributed by atoms with Gasteiger partial charge in [-0.25, -0.2) is 8.42 Å². The van der Waals surface area contributed by atoms with Gasteiger partial charge in [-0.15, -0.1) is 9.85 Å². The molecule has 23 heteroatoms. The van der Waals surface area contributed by atoms with Crippen molar-refractivity contribution in [2.24, 2.45) is 10.2 Å². The second kappa shape index (κ2) is 23.0. The van der Waals surface area contributed by atoms with Crippen LogP contribution in [0.25, 0.3) is 26.1 Å². The van der Waals surface area contributed by atoms with Crippen LogP contribution in [0.4, 0.5) is 39.8 Å². The van der Waals surface area contributed by atoms with E-state index in [9.17, 15) is 32.1 Å². The molecule has 0 aliphatic rings. The number of fused-ring (bicyclic) bond motifs is 1. The fourth-order valence-corrected chi connectivity index (χ4v) is 9.54.